The maximum atomic E-state index is 12.0. The van der Waals surface area contributed by atoms with Crippen LogP contribution in [0.1, 0.15) is 6.42 Å². The Kier molecular flexibility index (Phi) is 4.81. The number of amides is 2. The third-order valence-corrected chi connectivity index (χ3v) is 5.30. The largest absolute Gasteiger partial charge is 0.479 e. The number of aliphatic hydroxyl groups is 1. The van der Waals surface area contributed by atoms with Crippen LogP contribution in [0, 0.1) is 11.8 Å². The zero-order valence-electron chi connectivity index (χ0n) is 13.4. The molecular formula is C13H20N4O7S. The third-order valence-electron chi connectivity index (χ3n) is 4.63. The quantitative estimate of drug-likeness (QED) is 0.326. The highest BCUT2D eigenvalue weighted by molar-refractivity contribution is 7.89. The number of aliphatic carboxylic acids is 1. The van der Waals surface area contributed by atoms with Gasteiger partial charge in [0.25, 0.3) is 0 Å². The molecule has 0 aromatic rings. The molecule has 2 aliphatic rings. The second-order valence-corrected chi connectivity index (χ2v) is 8.00. The fourth-order valence-corrected chi connectivity index (χ4v) is 4.13. The fraction of sp³-hybridized carbons (Fsp3) is 0.615. The molecule has 1 fully saturated rings. The molecule has 4 atom stereocenters. The van der Waals surface area contributed by atoms with E-state index in [-0.39, 0.29) is 18.5 Å². The van der Waals surface area contributed by atoms with Crippen LogP contribution >= 0.6 is 0 Å². The van der Waals surface area contributed by atoms with E-state index < -0.39 is 57.0 Å². The SMILES string of the molecule is CN1C=C(C(N)=O)C2C[C@H](O)[C@@](NC(=O)CS(N)(=O)=O)(C(=O)O)C2C1. The number of primary sulfonamides is 1. The van der Waals surface area contributed by atoms with Crippen molar-refractivity contribution in [2.45, 2.75) is 18.1 Å². The Bertz CT molecular complexity index is 749. The van der Waals surface area contributed by atoms with Crippen LogP contribution in [0.4, 0.5) is 0 Å². The van der Waals surface area contributed by atoms with E-state index in [0.29, 0.717) is 0 Å². The van der Waals surface area contributed by atoms with Crippen LogP contribution in [0.3, 0.4) is 0 Å². The van der Waals surface area contributed by atoms with Crippen molar-refractivity contribution in [3.05, 3.63) is 11.8 Å². The molecule has 2 unspecified atom stereocenters. The van der Waals surface area contributed by atoms with Gasteiger partial charge in [0, 0.05) is 37.2 Å². The lowest BCUT2D eigenvalue weighted by Crippen LogP contribution is -2.66. The highest BCUT2D eigenvalue weighted by atomic mass is 32.2. The Morgan fingerprint density at radius 1 is 1.44 bits per heavy atom. The summed E-state index contributed by atoms with van der Waals surface area (Å²) in [5, 5.41) is 27.0. The number of carbonyl (C=O) groups excluding carboxylic acids is 2. The van der Waals surface area contributed by atoms with Crippen LogP contribution in [0.5, 0.6) is 0 Å². The van der Waals surface area contributed by atoms with E-state index in [2.05, 4.69) is 5.32 Å². The van der Waals surface area contributed by atoms with Crippen molar-refractivity contribution in [2.75, 3.05) is 19.3 Å². The van der Waals surface area contributed by atoms with E-state index in [1.807, 2.05) is 0 Å². The molecule has 1 heterocycles. The number of fused-ring (bicyclic) bond motifs is 1. The molecule has 1 aliphatic carbocycles. The number of hydrogen-bond acceptors (Lipinski definition) is 7. The molecule has 12 heteroatoms. The number of carboxylic acid groups (broad SMARTS) is 1. The Balaban J connectivity index is 2.44. The zero-order chi connectivity index (χ0) is 19.2. The molecule has 2 rings (SSSR count). The van der Waals surface area contributed by atoms with Crippen LogP contribution in [-0.2, 0) is 24.4 Å². The highest BCUT2D eigenvalue weighted by Crippen LogP contribution is 2.46. The first kappa shape index (κ1) is 19.1. The first-order valence-electron chi connectivity index (χ1n) is 7.33. The molecule has 11 nitrogen and oxygen atoms in total. The molecule has 0 spiro atoms. The normalized spacial score (nSPS) is 31.9. The van der Waals surface area contributed by atoms with Gasteiger partial charge in [-0.1, -0.05) is 0 Å². The summed E-state index contributed by atoms with van der Waals surface area (Å²) < 4.78 is 22.2. The second-order valence-electron chi connectivity index (χ2n) is 6.38. The smallest absolute Gasteiger partial charge is 0.332 e. The number of primary amides is 1. The number of carboxylic acids is 1. The highest BCUT2D eigenvalue weighted by Gasteiger charge is 2.62. The van der Waals surface area contributed by atoms with Gasteiger partial charge in [-0.15, -0.1) is 0 Å². The van der Waals surface area contributed by atoms with Crippen molar-refractivity contribution in [1.82, 2.24) is 10.2 Å². The third kappa shape index (κ3) is 3.45. The number of nitrogens with one attached hydrogen (secondary N) is 1. The van der Waals surface area contributed by atoms with Gasteiger partial charge in [-0.25, -0.2) is 18.4 Å². The van der Waals surface area contributed by atoms with Gasteiger partial charge in [-0.3, -0.25) is 9.59 Å². The van der Waals surface area contributed by atoms with Crippen molar-refractivity contribution >= 4 is 27.8 Å². The van der Waals surface area contributed by atoms with Crippen LogP contribution in [0.25, 0.3) is 0 Å². The van der Waals surface area contributed by atoms with Crippen molar-refractivity contribution in [1.29, 1.82) is 0 Å². The maximum Gasteiger partial charge on any atom is 0.332 e. The molecule has 0 aromatic heterocycles. The van der Waals surface area contributed by atoms with Gasteiger partial charge in [0.1, 0.15) is 5.75 Å². The van der Waals surface area contributed by atoms with Gasteiger partial charge in [-0.2, -0.15) is 0 Å². The minimum Gasteiger partial charge on any atom is -0.479 e. The van der Waals surface area contributed by atoms with Crippen LogP contribution in [-0.4, -0.2) is 72.3 Å². The number of sulfonamides is 1. The Hall–Kier alpha value is -2.18. The lowest BCUT2D eigenvalue weighted by Gasteiger charge is -2.40. The van der Waals surface area contributed by atoms with E-state index >= 15 is 0 Å². The molecular weight excluding hydrogens is 356 g/mol. The second kappa shape index (κ2) is 6.28. The molecule has 1 aliphatic heterocycles. The first-order valence-corrected chi connectivity index (χ1v) is 9.04. The number of nitrogens with zero attached hydrogens (tertiary/aromatic N) is 1. The standard InChI is InChI=1S/C13H20N4O7S/c1-17-3-7(11(14)20)6-2-9(18)13(12(21)22,8(6)4-17)16-10(19)5-25(15,23)24/h3,6,8-9,18H,2,4-5H2,1H3,(H2,14,20)(H,16,19)(H,21,22)(H2,15,23,24)/t6?,8?,9-,13+/m0/s1. The van der Waals surface area contributed by atoms with Crippen LogP contribution in [0.15, 0.2) is 11.8 Å². The van der Waals surface area contributed by atoms with Crippen molar-refractivity contribution in [3.63, 3.8) is 0 Å². The van der Waals surface area contributed by atoms with Crippen molar-refractivity contribution < 1.29 is 33.0 Å². The van der Waals surface area contributed by atoms with E-state index in [9.17, 15) is 33.0 Å². The van der Waals surface area contributed by atoms with Gasteiger partial charge in [0.2, 0.25) is 21.8 Å². The average molecular weight is 376 g/mol. The molecule has 0 saturated heterocycles. The van der Waals surface area contributed by atoms with Gasteiger partial charge < -0.3 is 26.2 Å². The summed E-state index contributed by atoms with van der Waals surface area (Å²) in [6, 6.07) is 0. The summed E-state index contributed by atoms with van der Waals surface area (Å²) in [5.41, 5.74) is 3.32. The fourth-order valence-electron chi connectivity index (χ4n) is 3.69. The number of carbonyl (C=O) groups is 3. The van der Waals surface area contributed by atoms with Crippen molar-refractivity contribution in [3.8, 4) is 0 Å². The average Bonchev–Trinajstić information content (AvgIpc) is 2.69. The van der Waals surface area contributed by atoms with E-state index in [0.717, 1.165) is 0 Å². The lowest BCUT2D eigenvalue weighted by molar-refractivity contribution is -0.154. The summed E-state index contributed by atoms with van der Waals surface area (Å²) in [4.78, 5) is 37.1. The van der Waals surface area contributed by atoms with Crippen LogP contribution < -0.4 is 16.2 Å². The minimum atomic E-state index is -4.18. The Morgan fingerprint density at radius 2 is 2.04 bits per heavy atom. The number of hydrogen-bond donors (Lipinski definition) is 5. The van der Waals surface area contributed by atoms with Crippen LogP contribution in [0.2, 0.25) is 0 Å². The minimum absolute atomic E-state index is 0.112. The Morgan fingerprint density at radius 3 is 2.52 bits per heavy atom. The molecule has 1 saturated carbocycles. The predicted octanol–water partition coefficient (Wildman–Crippen LogP) is -3.47. The molecule has 0 aromatic carbocycles. The predicted molar refractivity (Wildman–Crippen MR) is 84.0 cm³/mol. The first-order chi connectivity index (χ1) is 11.4. The summed E-state index contributed by atoms with van der Waals surface area (Å²) in [6.07, 6.45) is -0.186. The van der Waals surface area contributed by atoms with E-state index in [1.165, 1.54) is 11.1 Å². The van der Waals surface area contributed by atoms with E-state index in [4.69, 9.17) is 10.9 Å². The monoisotopic (exact) mass is 376 g/mol. The van der Waals surface area contributed by atoms with Gasteiger partial charge >= 0.3 is 5.97 Å². The maximum absolute atomic E-state index is 12.0. The summed E-state index contributed by atoms with van der Waals surface area (Å²) in [7, 11) is -2.60. The van der Waals surface area contributed by atoms with Crippen molar-refractivity contribution in [2.24, 2.45) is 22.7 Å². The number of nitrogens with two attached hydrogens (primary N) is 2. The zero-order valence-corrected chi connectivity index (χ0v) is 14.2. The number of rotatable bonds is 5. The summed E-state index contributed by atoms with van der Waals surface area (Å²) in [5.74, 6) is -6.14. The van der Waals surface area contributed by atoms with Gasteiger partial charge in [-0.05, 0) is 6.42 Å². The van der Waals surface area contributed by atoms with Gasteiger partial charge in [0.15, 0.2) is 5.54 Å². The lowest BCUT2D eigenvalue weighted by atomic mass is 9.77. The topological polar surface area (TPSA) is 193 Å². The van der Waals surface area contributed by atoms with E-state index in [1.54, 1.807) is 7.05 Å². The molecule has 2 amide bonds. The summed E-state index contributed by atoms with van der Waals surface area (Å²) >= 11 is 0. The van der Waals surface area contributed by atoms with Gasteiger partial charge in [0.05, 0.1) is 6.10 Å². The Labute approximate surface area is 143 Å². The molecule has 0 bridgehead atoms. The molecule has 25 heavy (non-hydrogen) atoms. The summed E-state index contributed by atoms with van der Waals surface area (Å²) in [6.45, 7) is 0.112. The molecule has 0 radical (unpaired) electrons. The molecule has 7 N–H and O–H groups in total. The number of aliphatic hydroxyl groups excluding tert-OH is 1. The molecule has 140 valence electrons.